The van der Waals surface area contributed by atoms with Gasteiger partial charge in [0.15, 0.2) is 0 Å². The fourth-order valence-corrected chi connectivity index (χ4v) is 3.23. The second-order valence-corrected chi connectivity index (χ2v) is 6.66. The summed E-state index contributed by atoms with van der Waals surface area (Å²) >= 11 is 1.58. The highest BCUT2D eigenvalue weighted by molar-refractivity contribution is 7.07. The minimum atomic E-state index is -1.22. The lowest BCUT2D eigenvalue weighted by Gasteiger charge is -2.18. The fraction of sp³-hybridized carbons (Fsp3) is 0.143. The van der Waals surface area contributed by atoms with Crippen LogP contribution in [0.4, 0.5) is 0 Å². The second-order valence-electron chi connectivity index (χ2n) is 5.88. The van der Waals surface area contributed by atoms with Crippen molar-refractivity contribution in [1.29, 1.82) is 5.26 Å². The minimum Gasteiger partial charge on any atom is -0.489 e. The summed E-state index contributed by atoms with van der Waals surface area (Å²) in [6.07, 6.45) is -1.22. The zero-order chi connectivity index (χ0) is 19.2. The average Bonchev–Trinajstić information content (AvgIpc) is 3.18. The van der Waals surface area contributed by atoms with Gasteiger partial charge < -0.3 is 14.6 Å². The van der Waals surface area contributed by atoms with Crippen LogP contribution in [0, 0.1) is 18.3 Å². The van der Waals surface area contributed by atoms with Gasteiger partial charge in [0.2, 0.25) is 6.10 Å². The van der Waals surface area contributed by atoms with E-state index < -0.39 is 12.1 Å². The van der Waals surface area contributed by atoms with Crippen LogP contribution in [0.1, 0.15) is 28.4 Å². The molecule has 0 unspecified atom stereocenters. The van der Waals surface area contributed by atoms with Gasteiger partial charge in [-0.2, -0.15) is 16.6 Å². The lowest BCUT2D eigenvalue weighted by molar-refractivity contribution is -0.145. The maximum Gasteiger partial charge on any atom is 0.349 e. The molecule has 3 aromatic rings. The molecule has 27 heavy (non-hydrogen) atoms. The summed E-state index contributed by atoms with van der Waals surface area (Å²) in [6, 6.07) is 15.9. The number of carbonyl (C=O) groups is 1. The van der Waals surface area contributed by atoms with Gasteiger partial charge in [-0.05, 0) is 47.0 Å². The summed E-state index contributed by atoms with van der Waals surface area (Å²) in [5.74, 6) is -0.446. The quantitative estimate of drug-likeness (QED) is 0.643. The Bertz CT molecular complexity index is 976. The minimum absolute atomic E-state index is 0.177. The molecule has 136 valence electrons. The summed E-state index contributed by atoms with van der Waals surface area (Å²) in [5, 5.41) is 22.9. The fourth-order valence-electron chi connectivity index (χ4n) is 2.58. The van der Waals surface area contributed by atoms with E-state index in [0.29, 0.717) is 17.9 Å². The largest absolute Gasteiger partial charge is 0.489 e. The first-order valence-corrected chi connectivity index (χ1v) is 9.16. The lowest BCUT2D eigenvalue weighted by atomic mass is 10.0. The van der Waals surface area contributed by atoms with Gasteiger partial charge >= 0.3 is 5.97 Å². The molecule has 0 aliphatic rings. The van der Waals surface area contributed by atoms with E-state index in [0.717, 1.165) is 11.1 Å². The molecule has 3 rings (SSSR count). The molecule has 1 heterocycles. The summed E-state index contributed by atoms with van der Waals surface area (Å²) in [7, 11) is 0. The van der Waals surface area contributed by atoms with Crippen molar-refractivity contribution in [2.45, 2.75) is 19.6 Å². The van der Waals surface area contributed by atoms with Crippen molar-refractivity contribution in [3.63, 3.8) is 0 Å². The number of carboxylic acids is 1. The van der Waals surface area contributed by atoms with Gasteiger partial charge in [-0.3, -0.25) is 0 Å². The van der Waals surface area contributed by atoms with E-state index in [1.54, 1.807) is 41.7 Å². The first-order valence-electron chi connectivity index (χ1n) is 8.21. The van der Waals surface area contributed by atoms with Crippen LogP contribution in [-0.4, -0.2) is 11.1 Å². The number of aliphatic carboxylic acids is 1. The molecule has 0 spiro atoms. The normalized spacial score (nSPS) is 11.4. The van der Waals surface area contributed by atoms with Crippen molar-refractivity contribution in [2.75, 3.05) is 0 Å². The van der Waals surface area contributed by atoms with Crippen molar-refractivity contribution < 1.29 is 19.4 Å². The number of thiophene rings is 1. The van der Waals surface area contributed by atoms with Crippen LogP contribution >= 0.6 is 11.3 Å². The Kier molecular flexibility index (Phi) is 5.74. The molecule has 0 saturated carbocycles. The lowest BCUT2D eigenvalue weighted by Crippen LogP contribution is -2.19. The van der Waals surface area contributed by atoms with Gasteiger partial charge in [-0.25, -0.2) is 4.79 Å². The number of benzene rings is 2. The number of nitriles is 1. The molecule has 0 saturated heterocycles. The van der Waals surface area contributed by atoms with E-state index in [4.69, 9.17) is 9.47 Å². The first kappa shape index (κ1) is 18.5. The molecule has 0 radical (unpaired) electrons. The smallest absolute Gasteiger partial charge is 0.349 e. The molecule has 6 heteroatoms. The first-order chi connectivity index (χ1) is 13.1. The maximum atomic E-state index is 11.8. The van der Waals surface area contributed by atoms with Crippen LogP contribution < -0.4 is 9.47 Å². The summed E-state index contributed by atoms with van der Waals surface area (Å²) < 4.78 is 11.5. The highest BCUT2D eigenvalue weighted by atomic mass is 32.1. The van der Waals surface area contributed by atoms with Gasteiger partial charge in [0.25, 0.3) is 0 Å². The number of aryl methyl sites for hydroxylation is 1. The Morgan fingerprint density at radius 2 is 2.07 bits per heavy atom. The Labute approximate surface area is 161 Å². The van der Waals surface area contributed by atoms with Crippen LogP contribution in [0.15, 0.2) is 59.3 Å². The highest BCUT2D eigenvalue weighted by Crippen LogP contribution is 2.31. The number of carboxylic acid groups (broad SMARTS) is 1. The zero-order valence-corrected chi connectivity index (χ0v) is 15.4. The number of hydrogen-bond donors (Lipinski definition) is 1. The zero-order valence-electron chi connectivity index (χ0n) is 14.6. The van der Waals surface area contributed by atoms with Crippen LogP contribution in [0.25, 0.3) is 0 Å². The molecule has 0 aliphatic carbocycles. The van der Waals surface area contributed by atoms with Crippen molar-refractivity contribution >= 4 is 17.3 Å². The summed E-state index contributed by atoms with van der Waals surface area (Å²) in [6.45, 7) is 2.20. The van der Waals surface area contributed by atoms with E-state index >= 15 is 0 Å². The van der Waals surface area contributed by atoms with Crippen LogP contribution in [-0.2, 0) is 11.4 Å². The van der Waals surface area contributed by atoms with Crippen LogP contribution in [0.3, 0.4) is 0 Å². The van der Waals surface area contributed by atoms with Gasteiger partial charge in [0, 0.05) is 11.6 Å². The maximum absolute atomic E-state index is 11.8. The number of ether oxygens (including phenoxy) is 2. The standard InChI is InChI=1S/C21H17NO4S/c1-14-4-2-3-5-18(14)20(21(23)24)26-19-10-17(7-6-16(19)11-22)25-12-15-8-9-27-13-15/h2-10,13,20H,12H2,1H3,(H,23,24)/t20-/m0/s1. The molecule has 0 aliphatic heterocycles. The number of nitrogens with zero attached hydrogens (tertiary/aromatic N) is 1. The molecule has 1 N–H and O–H groups in total. The topological polar surface area (TPSA) is 79.5 Å². The average molecular weight is 379 g/mol. The van der Waals surface area contributed by atoms with E-state index in [1.807, 2.05) is 42.0 Å². The van der Waals surface area contributed by atoms with E-state index in [1.165, 1.54) is 0 Å². The monoisotopic (exact) mass is 379 g/mol. The predicted octanol–water partition coefficient (Wildman–Crippen LogP) is 4.71. The summed E-state index contributed by atoms with van der Waals surface area (Å²) in [5.41, 5.74) is 2.62. The Morgan fingerprint density at radius 1 is 1.26 bits per heavy atom. The third kappa shape index (κ3) is 4.46. The molecule has 1 atom stereocenters. The number of hydrogen-bond acceptors (Lipinski definition) is 5. The third-order valence-corrected chi connectivity index (χ3v) is 4.73. The van der Waals surface area contributed by atoms with Crippen molar-refractivity contribution in [3.8, 4) is 17.6 Å². The van der Waals surface area contributed by atoms with Crippen LogP contribution in [0.5, 0.6) is 11.5 Å². The molecule has 0 bridgehead atoms. The second kappa shape index (κ2) is 8.39. The van der Waals surface area contributed by atoms with Gasteiger partial charge in [0.1, 0.15) is 24.2 Å². The Hall–Kier alpha value is -3.30. The van der Waals surface area contributed by atoms with Crippen LogP contribution in [0.2, 0.25) is 0 Å². The van der Waals surface area contributed by atoms with Crippen molar-refractivity contribution in [3.05, 3.63) is 81.5 Å². The molecule has 0 fully saturated rings. The molecule has 1 aromatic heterocycles. The van der Waals surface area contributed by atoms with Crippen molar-refractivity contribution in [2.24, 2.45) is 0 Å². The van der Waals surface area contributed by atoms with Gasteiger partial charge in [-0.1, -0.05) is 24.3 Å². The Balaban J connectivity index is 1.87. The molecule has 2 aromatic carbocycles. The third-order valence-electron chi connectivity index (χ3n) is 4.00. The molecule has 5 nitrogen and oxygen atoms in total. The molecular formula is C21H17NO4S. The van der Waals surface area contributed by atoms with Crippen molar-refractivity contribution in [1.82, 2.24) is 0 Å². The molecule has 0 amide bonds. The molecular weight excluding hydrogens is 362 g/mol. The number of rotatable bonds is 7. The van der Waals surface area contributed by atoms with E-state index in [9.17, 15) is 15.2 Å². The van der Waals surface area contributed by atoms with Gasteiger partial charge in [-0.15, -0.1) is 0 Å². The van der Waals surface area contributed by atoms with Gasteiger partial charge in [0.05, 0.1) is 5.56 Å². The highest BCUT2D eigenvalue weighted by Gasteiger charge is 2.25. The SMILES string of the molecule is Cc1ccccc1[C@H](Oc1cc(OCc2ccsc2)ccc1C#N)C(=O)O. The summed E-state index contributed by atoms with van der Waals surface area (Å²) in [4.78, 5) is 11.8. The van der Waals surface area contributed by atoms with E-state index in [2.05, 4.69) is 0 Å². The predicted molar refractivity (Wildman–Crippen MR) is 102 cm³/mol. The van der Waals surface area contributed by atoms with E-state index in [-0.39, 0.29) is 11.3 Å². The Morgan fingerprint density at radius 3 is 2.74 bits per heavy atom.